The predicted molar refractivity (Wildman–Crippen MR) is 102 cm³/mol. The van der Waals surface area contributed by atoms with Crippen LogP contribution in [0.5, 0.6) is 5.19 Å². The van der Waals surface area contributed by atoms with Gasteiger partial charge < -0.3 is 15.2 Å². The maximum absolute atomic E-state index is 13.2. The molecule has 2 atom stereocenters. The van der Waals surface area contributed by atoms with Gasteiger partial charge in [-0.25, -0.2) is 4.98 Å². The van der Waals surface area contributed by atoms with Crippen molar-refractivity contribution in [2.75, 3.05) is 6.61 Å². The molecule has 1 heterocycles. The van der Waals surface area contributed by atoms with E-state index in [9.17, 15) is 9.90 Å². The van der Waals surface area contributed by atoms with Crippen LogP contribution in [-0.2, 0) is 0 Å². The van der Waals surface area contributed by atoms with Gasteiger partial charge in [-0.15, -0.1) is 0 Å². The van der Waals surface area contributed by atoms with Gasteiger partial charge in [-0.3, -0.25) is 4.79 Å². The van der Waals surface area contributed by atoms with Crippen LogP contribution in [-0.4, -0.2) is 34.2 Å². The molecule has 1 aromatic rings. The van der Waals surface area contributed by atoms with Gasteiger partial charge >= 0.3 is 0 Å². The molecule has 4 bridgehead atoms. The van der Waals surface area contributed by atoms with Crippen molar-refractivity contribution in [3.05, 3.63) is 10.6 Å². The first-order valence-corrected chi connectivity index (χ1v) is 11.5. The number of amides is 1. The van der Waals surface area contributed by atoms with Gasteiger partial charge in [0.15, 0.2) is 0 Å². The second-order valence-corrected chi connectivity index (χ2v) is 10.9. The van der Waals surface area contributed by atoms with Gasteiger partial charge in [0.25, 0.3) is 11.1 Å². The zero-order chi connectivity index (χ0) is 18.2. The number of nitrogens with one attached hydrogen (secondary N) is 1. The highest BCUT2D eigenvalue weighted by Crippen LogP contribution is 2.55. The van der Waals surface area contributed by atoms with E-state index in [1.165, 1.54) is 24.2 Å². The van der Waals surface area contributed by atoms with Gasteiger partial charge in [0.05, 0.1) is 17.9 Å². The topological polar surface area (TPSA) is 71.5 Å². The van der Waals surface area contributed by atoms with Crippen LogP contribution < -0.4 is 10.1 Å². The molecule has 6 aliphatic carbocycles. The van der Waals surface area contributed by atoms with Crippen molar-refractivity contribution in [2.24, 2.45) is 23.7 Å². The van der Waals surface area contributed by atoms with Crippen LogP contribution in [0.4, 0.5) is 0 Å². The van der Waals surface area contributed by atoms with E-state index in [0.29, 0.717) is 34.8 Å². The van der Waals surface area contributed by atoms with E-state index in [4.69, 9.17) is 4.74 Å². The molecule has 2 unspecified atom stereocenters. The van der Waals surface area contributed by atoms with E-state index in [1.54, 1.807) is 0 Å². The summed E-state index contributed by atoms with van der Waals surface area (Å²) >= 11 is 1.44. The Bertz CT molecular complexity index is 753. The molecular formula is C21H28N2O3S. The van der Waals surface area contributed by atoms with Crippen LogP contribution in [0.1, 0.15) is 79.1 Å². The van der Waals surface area contributed by atoms with E-state index < -0.39 is 5.60 Å². The monoisotopic (exact) mass is 388 g/mol. The molecule has 0 aromatic carbocycles. The van der Waals surface area contributed by atoms with Gasteiger partial charge in [0.2, 0.25) is 0 Å². The molecule has 5 nitrogen and oxygen atoms in total. The molecule has 2 N–H and O–H groups in total. The van der Waals surface area contributed by atoms with E-state index in [2.05, 4.69) is 10.3 Å². The zero-order valence-electron chi connectivity index (χ0n) is 15.7. The third kappa shape index (κ3) is 3.09. The molecule has 0 aliphatic heterocycles. The number of carbonyl (C=O) groups is 1. The number of hydrogen-bond acceptors (Lipinski definition) is 5. The first-order valence-electron chi connectivity index (χ1n) is 10.7. The molecule has 0 spiro atoms. The van der Waals surface area contributed by atoms with Crippen LogP contribution in [0.2, 0.25) is 0 Å². The molecule has 0 radical (unpaired) electrons. The van der Waals surface area contributed by atoms with E-state index in [0.717, 1.165) is 62.1 Å². The minimum absolute atomic E-state index is 0.0418. The number of carbonyl (C=O) groups excluding carboxylic acids is 1. The summed E-state index contributed by atoms with van der Waals surface area (Å²) < 4.78 is 5.87. The Morgan fingerprint density at radius 1 is 1.19 bits per heavy atom. The Labute approximate surface area is 163 Å². The van der Waals surface area contributed by atoms with E-state index in [1.807, 2.05) is 0 Å². The smallest absolute Gasteiger partial charge is 0.274 e. The van der Waals surface area contributed by atoms with Crippen molar-refractivity contribution in [2.45, 2.75) is 75.3 Å². The van der Waals surface area contributed by atoms with Crippen LogP contribution in [0.3, 0.4) is 0 Å². The van der Waals surface area contributed by atoms with Gasteiger partial charge in [0, 0.05) is 12.0 Å². The first kappa shape index (κ1) is 16.8. The maximum Gasteiger partial charge on any atom is 0.274 e. The van der Waals surface area contributed by atoms with E-state index >= 15 is 0 Å². The lowest BCUT2D eigenvalue weighted by Crippen LogP contribution is -2.61. The Balaban J connectivity index is 1.20. The lowest BCUT2D eigenvalue weighted by molar-refractivity contribution is -0.136. The second kappa shape index (κ2) is 5.93. The minimum Gasteiger partial charge on any atom is -0.470 e. The Hall–Kier alpha value is -1.14. The normalized spacial score (nSPS) is 39.6. The summed E-state index contributed by atoms with van der Waals surface area (Å²) in [5, 5.41) is 14.8. The molecule has 0 saturated heterocycles. The maximum atomic E-state index is 13.2. The third-order valence-electron chi connectivity index (χ3n) is 7.48. The number of aliphatic hydroxyl groups is 1. The largest absolute Gasteiger partial charge is 0.470 e. The molecular weight excluding hydrogens is 360 g/mol. The summed E-state index contributed by atoms with van der Waals surface area (Å²) in [7, 11) is 0. The van der Waals surface area contributed by atoms with Crippen LogP contribution in [0.15, 0.2) is 0 Å². The summed E-state index contributed by atoms with van der Waals surface area (Å²) in [4.78, 5) is 18.6. The fraction of sp³-hybridized carbons (Fsp3) is 0.810. The van der Waals surface area contributed by atoms with Gasteiger partial charge in [-0.05, 0) is 81.5 Å². The van der Waals surface area contributed by atoms with E-state index in [-0.39, 0.29) is 11.9 Å². The molecule has 1 aromatic heterocycles. The number of ether oxygens (including phenoxy) is 1. The van der Waals surface area contributed by atoms with Gasteiger partial charge in [-0.2, -0.15) is 0 Å². The number of rotatable bonds is 6. The minimum atomic E-state index is -0.453. The summed E-state index contributed by atoms with van der Waals surface area (Å²) in [6, 6.07) is 0.222. The van der Waals surface area contributed by atoms with Crippen molar-refractivity contribution in [1.29, 1.82) is 0 Å². The standard InChI is InChI=1S/C21H28N2O3S/c24-19(22-16-14-5-12-6-15(16)9-21(25,7-12)8-14)18-17(13-3-4-13)23-20(27-18)26-10-11-1-2-11/h11-16,25H,1-10H2,(H,22,24). The molecule has 6 aliphatic rings. The highest BCUT2D eigenvalue weighted by molar-refractivity contribution is 7.15. The molecule has 7 rings (SSSR count). The molecule has 1 amide bonds. The quantitative estimate of drug-likeness (QED) is 0.783. The fourth-order valence-corrected chi connectivity index (χ4v) is 6.99. The number of aromatic nitrogens is 1. The van der Waals surface area contributed by atoms with Crippen molar-refractivity contribution in [3.8, 4) is 5.19 Å². The highest BCUT2D eigenvalue weighted by Gasteiger charge is 2.55. The number of thiazole rings is 1. The summed E-state index contributed by atoms with van der Waals surface area (Å²) in [5.74, 6) is 2.71. The molecule has 6 heteroatoms. The third-order valence-corrected chi connectivity index (χ3v) is 8.46. The second-order valence-electron chi connectivity index (χ2n) is 9.92. The lowest BCUT2D eigenvalue weighted by atomic mass is 9.52. The first-order chi connectivity index (χ1) is 13.1. The SMILES string of the molecule is O=C(NC1C2CC3CC1CC(O)(C3)C2)c1sc(OCC2CC2)nc1C1CC1. The van der Waals surface area contributed by atoms with Crippen molar-refractivity contribution in [3.63, 3.8) is 0 Å². The van der Waals surface area contributed by atoms with Crippen molar-refractivity contribution >= 4 is 17.2 Å². The number of hydrogen-bond donors (Lipinski definition) is 2. The summed E-state index contributed by atoms with van der Waals surface area (Å²) in [6.45, 7) is 0.741. The van der Waals surface area contributed by atoms with Crippen molar-refractivity contribution in [1.82, 2.24) is 10.3 Å². The fourth-order valence-electron chi connectivity index (χ4n) is 6.08. The van der Waals surface area contributed by atoms with Crippen LogP contribution in [0, 0.1) is 23.7 Å². The predicted octanol–water partition coefficient (Wildman–Crippen LogP) is 3.48. The molecule has 27 heavy (non-hydrogen) atoms. The zero-order valence-corrected chi connectivity index (χ0v) is 16.5. The highest BCUT2D eigenvalue weighted by atomic mass is 32.1. The Morgan fingerprint density at radius 3 is 2.56 bits per heavy atom. The van der Waals surface area contributed by atoms with Gasteiger partial charge in [0.1, 0.15) is 4.88 Å². The Kier molecular flexibility index (Phi) is 3.68. The molecule has 6 saturated carbocycles. The van der Waals surface area contributed by atoms with Crippen molar-refractivity contribution < 1.29 is 14.6 Å². The Morgan fingerprint density at radius 2 is 1.93 bits per heavy atom. The molecule has 146 valence electrons. The number of nitrogens with zero attached hydrogens (tertiary/aromatic N) is 1. The average molecular weight is 389 g/mol. The summed E-state index contributed by atoms with van der Waals surface area (Å²) in [5.41, 5.74) is 0.510. The summed E-state index contributed by atoms with van der Waals surface area (Å²) in [6.07, 6.45) is 9.80. The van der Waals surface area contributed by atoms with Crippen LogP contribution in [0.25, 0.3) is 0 Å². The lowest BCUT2D eigenvalue weighted by Gasteiger charge is -2.58. The van der Waals surface area contributed by atoms with Gasteiger partial charge in [-0.1, -0.05) is 11.3 Å². The molecule has 6 fully saturated rings. The average Bonchev–Trinajstić information content (AvgIpc) is 3.53. The van der Waals surface area contributed by atoms with Crippen LogP contribution >= 0.6 is 11.3 Å².